The number of aliphatic imine (C=N–C) groups is 2. The van der Waals surface area contributed by atoms with Crippen LogP contribution in [0.5, 0.6) is 0 Å². The number of rotatable bonds is 14. The third kappa shape index (κ3) is 10.7. The van der Waals surface area contributed by atoms with Crippen LogP contribution in [0, 0.1) is 35.5 Å². The molecule has 14 N–H and O–H groups in total. The molecule has 0 heterocycles. The van der Waals surface area contributed by atoms with Gasteiger partial charge in [-0.1, -0.05) is 53.4 Å². The van der Waals surface area contributed by atoms with Gasteiger partial charge in [0.15, 0.2) is 11.9 Å². The van der Waals surface area contributed by atoms with Crippen molar-refractivity contribution in [1.29, 1.82) is 0 Å². The highest BCUT2D eigenvalue weighted by Gasteiger charge is 2.52. The van der Waals surface area contributed by atoms with Crippen LogP contribution in [0.3, 0.4) is 0 Å². The van der Waals surface area contributed by atoms with Crippen molar-refractivity contribution in [3.63, 3.8) is 0 Å². The van der Waals surface area contributed by atoms with Gasteiger partial charge in [0.1, 0.15) is 0 Å². The maximum Gasteiger partial charge on any atom is 0.309 e. The van der Waals surface area contributed by atoms with Gasteiger partial charge in [-0.25, -0.2) is 9.98 Å². The predicted molar refractivity (Wildman–Crippen MR) is 173 cm³/mol. The van der Waals surface area contributed by atoms with Gasteiger partial charge >= 0.3 is 11.9 Å². The normalized spacial score (nSPS) is 28.4. The Kier molecular flexibility index (Phi) is 16.2. The summed E-state index contributed by atoms with van der Waals surface area (Å²) in [6.45, 7) is 10.8. The molecule has 0 aromatic rings. The molecule has 0 aromatic heterocycles. The molecule has 0 radical (unpaired) electrons. The molecule has 46 heavy (non-hydrogen) atoms. The topological polar surface area (TPSA) is 302 Å². The summed E-state index contributed by atoms with van der Waals surface area (Å²) in [5.41, 5.74) is 21.8. The highest BCUT2D eigenvalue weighted by Crippen LogP contribution is 2.40. The molecule has 2 saturated carbocycles. The minimum Gasteiger partial charge on any atom is -0.481 e. The fourth-order valence-electron chi connectivity index (χ4n) is 7.28. The summed E-state index contributed by atoms with van der Waals surface area (Å²) in [7, 11) is 0. The fraction of sp³-hybridized carbons (Fsp3) is 0.800. The summed E-state index contributed by atoms with van der Waals surface area (Å²) >= 11 is 0. The number of aliphatic carboxylic acids is 2. The Morgan fingerprint density at radius 1 is 0.652 bits per heavy atom. The number of aliphatic hydroxyl groups is 2. The SMILES string of the molecule is CCC(CC)C(NC(C)=O)[C@@H]1[C@H](O)[C@@H](C(=O)O)C[C@H]1N=C(N)N.CCC(CC)C(NC(C)=O)[C@@H]1[C@H](O)[C@@H](C(=O)O)C[C@H]1N=C(N)N. The lowest BCUT2D eigenvalue weighted by atomic mass is 9.80. The Morgan fingerprint density at radius 2 is 0.935 bits per heavy atom. The van der Waals surface area contributed by atoms with Gasteiger partial charge in [-0.2, -0.15) is 0 Å². The maximum atomic E-state index is 11.6. The molecule has 0 bridgehead atoms. The van der Waals surface area contributed by atoms with Crippen molar-refractivity contribution in [2.24, 2.45) is 68.4 Å². The van der Waals surface area contributed by atoms with Crippen LogP contribution in [-0.4, -0.2) is 92.5 Å². The van der Waals surface area contributed by atoms with Crippen LogP contribution in [0.2, 0.25) is 0 Å². The Bertz CT molecular complexity index is 1000. The van der Waals surface area contributed by atoms with E-state index in [9.17, 15) is 39.6 Å². The predicted octanol–water partition coefficient (Wildman–Crippen LogP) is -0.698. The largest absolute Gasteiger partial charge is 0.481 e. The zero-order chi connectivity index (χ0) is 35.5. The molecule has 2 aliphatic rings. The molecule has 0 aliphatic heterocycles. The fourth-order valence-corrected chi connectivity index (χ4v) is 7.28. The minimum atomic E-state index is -1.11. The molecular weight excluding hydrogens is 600 g/mol. The Balaban J connectivity index is 0.000000460. The van der Waals surface area contributed by atoms with Gasteiger partial charge in [-0.15, -0.1) is 0 Å². The van der Waals surface area contributed by atoms with E-state index < -0.39 is 59.9 Å². The van der Waals surface area contributed by atoms with Crippen molar-refractivity contribution in [3.05, 3.63) is 0 Å². The summed E-state index contributed by atoms with van der Waals surface area (Å²) in [4.78, 5) is 54.2. The number of aliphatic hydroxyl groups excluding tert-OH is 2. The third-order valence-electron chi connectivity index (χ3n) is 9.44. The van der Waals surface area contributed by atoms with Crippen LogP contribution < -0.4 is 33.6 Å². The Labute approximate surface area is 270 Å². The monoisotopic (exact) mass is 656 g/mol. The molecule has 2 unspecified atom stereocenters. The molecular formula is C30H56N8O8. The van der Waals surface area contributed by atoms with Gasteiger partial charge in [-0.05, 0) is 24.7 Å². The number of nitrogens with zero attached hydrogens (tertiary/aromatic N) is 2. The number of hydrogen-bond donors (Lipinski definition) is 10. The Hall–Kier alpha value is -3.66. The summed E-state index contributed by atoms with van der Waals surface area (Å²) in [6, 6.07) is -1.83. The van der Waals surface area contributed by atoms with Gasteiger partial charge in [0.05, 0.1) is 36.1 Å². The van der Waals surface area contributed by atoms with Gasteiger partial charge in [0, 0.05) is 37.8 Å². The summed E-state index contributed by atoms with van der Waals surface area (Å²) in [6.07, 6.45) is 1.22. The van der Waals surface area contributed by atoms with Crippen molar-refractivity contribution in [1.82, 2.24) is 10.6 Å². The number of amides is 2. The number of nitrogens with one attached hydrogen (secondary N) is 2. The van der Waals surface area contributed by atoms with E-state index >= 15 is 0 Å². The zero-order valence-corrected chi connectivity index (χ0v) is 27.8. The lowest BCUT2D eigenvalue weighted by Gasteiger charge is -2.35. The highest BCUT2D eigenvalue weighted by atomic mass is 16.4. The van der Waals surface area contributed by atoms with Crippen molar-refractivity contribution >= 4 is 35.7 Å². The quantitative estimate of drug-likeness (QED) is 0.0820. The number of hydrogen-bond acceptors (Lipinski definition) is 8. The van der Waals surface area contributed by atoms with E-state index in [0.29, 0.717) is 0 Å². The smallest absolute Gasteiger partial charge is 0.309 e. The van der Waals surface area contributed by atoms with Crippen molar-refractivity contribution in [3.8, 4) is 0 Å². The maximum absolute atomic E-state index is 11.6. The first-order valence-electron chi connectivity index (χ1n) is 16.0. The lowest BCUT2D eigenvalue weighted by Crippen LogP contribution is -2.51. The highest BCUT2D eigenvalue weighted by molar-refractivity contribution is 5.77. The minimum absolute atomic E-state index is 0.0998. The van der Waals surface area contributed by atoms with Crippen molar-refractivity contribution < 1.29 is 39.6 Å². The number of carboxylic acids is 2. The van der Waals surface area contributed by atoms with Crippen LogP contribution in [0.4, 0.5) is 0 Å². The molecule has 16 heteroatoms. The number of carboxylic acid groups (broad SMARTS) is 2. The van der Waals surface area contributed by atoms with Gasteiger partial charge in [0.25, 0.3) is 0 Å². The average molecular weight is 657 g/mol. The number of carbonyl (C=O) groups is 4. The third-order valence-corrected chi connectivity index (χ3v) is 9.44. The number of carbonyl (C=O) groups excluding carboxylic acids is 2. The molecule has 0 spiro atoms. The van der Waals surface area contributed by atoms with E-state index in [4.69, 9.17) is 22.9 Å². The second-order valence-electron chi connectivity index (χ2n) is 12.3. The van der Waals surface area contributed by atoms with Crippen molar-refractivity contribution in [2.45, 2.75) is 116 Å². The molecule has 2 rings (SSSR count). The van der Waals surface area contributed by atoms with E-state index in [2.05, 4.69) is 20.6 Å². The van der Waals surface area contributed by atoms with E-state index in [1.165, 1.54) is 13.8 Å². The molecule has 0 saturated heterocycles. The van der Waals surface area contributed by atoms with Crippen molar-refractivity contribution in [2.75, 3.05) is 0 Å². The van der Waals surface area contributed by atoms with Crippen LogP contribution in [0.1, 0.15) is 80.1 Å². The first-order valence-corrected chi connectivity index (χ1v) is 16.0. The van der Waals surface area contributed by atoms with E-state index in [-0.39, 0.29) is 60.5 Å². The van der Waals surface area contributed by atoms with Gasteiger partial charge in [0.2, 0.25) is 11.8 Å². The molecule has 264 valence electrons. The molecule has 16 nitrogen and oxygen atoms in total. The van der Waals surface area contributed by atoms with Gasteiger partial charge < -0.3 is 54.0 Å². The van der Waals surface area contributed by atoms with E-state index in [0.717, 1.165) is 25.7 Å². The number of nitrogens with two attached hydrogens (primary N) is 4. The number of guanidine groups is 2. The molecule has 2 fully saturated rings. The van der Waals surface area contributed by atoms with Crippen LogP contribution in [0.15, 0.2) is 9.98 Å². The summed E-state index contributed by atoms with van der Waals surface area (Å²) < 4.78 is 0. The van der Waals surface area contributed by atoms with E-state index in [1.807, 2.05) is 27.7 Å². The van der Waals surface area contributed by atoms with Crippen LogP contribution >= 0.6 is 0 Å². The Morgan fingerprint density at radius 3 is 1.13 bits per heavy atom. The summed E-state index contributed by atoms with van der Waals surface area (Å²) in [5, 5.41) is 45.5. The second-order valence-corrected chi connectivity index (χ2v) is 12.3. The average Bonchev–Trinajstić information content (AvgIpc) is 3.43. The van der Waals surface area contributed by atoms with Gasteiger partial charge in [-0.3, -0.25) is 19.2 Å². The first-order chi connectivity index (χ1) is 21.4. The standard InChI is InChI=1S/2C15H28N4O4/c2*1-4-8(5-2)12(18-7(3)20)11-10(19-15(16)17)6-9(13(11)21)14(22)23/h2*8-13,21H,4-6H2,1-3H3,(H,18,20)(H,22,23)(H4,16,17,19)/t2*9-,10+,11+,12?,13+/m00/s1. The first kappa shape index (κ1) is 40.4. The summed E-state index contributed by atoms with van der Waals surface area (Å²) in [5.74, 6) is -5.67. The zero-order valence-electron chi connectivity index (χ0n) is 27.8. The van der Waals surface area contributed by atoms with Crippen LogP contribution in [-0.2, 0) is 19.2 Å². The molecule has 10 atom stereocenters. The van der Waals surface area contributed by atoms with Crippen LogP contribution in [0.25, 0.3) is 0 Å². The van der Waals surface area contributed by atoms with E-state index in [1.54, 1.807) is 0 Å². The lowest BCUT2D eigenvalue weighted by molar-refractivity contribution is -0.146. The molecule has 2 aliphatic carbocycles. The molecule has 0 aromatic carbocycles. The second kappa shape index (κ2) is 18.5. The molecule has 2 amide bonds.